The number of benzene rings is 3. The van der Waals surface area contributed by atoms with E-state index in [1.54, 1.807) is 38.1 Å². The lowest BCUT2D eigenvalue weighted by atomic mass is 10.1. The normalized spacial score (nSPS) is 11.9. The van der Waals surface area contributed by atoms with Gasteiger partial charge in [-0.2, -0.15) is 0 Å². The molecular formula is C29H35N3O5S. The van der Waals surface area contributed by atoms with Gasteiger partial charge in [0.15, 0.2) is 0 Å². The van der Waals surface area contributed by atoms with Gasteiger partial charge in [-0.3, -0.25) is 13.9 Å². The highest BCUT2D eigenvalue weighted by molar-refractivity contribution is 7.92. The minimum atomic E-state index is -3.79. The Bertz CT molecular complexity index is 1280. The third-order valence-electron chi connectivity index (χ3n) is 6.05. The van der Waals surface area contributed by atoms with Crippen LogP contribution in [0.5, 0.6) is 5.75 Å². The number of sulfonamides is 1. The van der Waals surface area contributed by atoms with E-state index in [-0.39, 0.29) is 12.5 Å². The van der Waals surface area contributed by atoms with E-state index in [4.69, 9.17) is 4.74 Å². The van der Waals surface area contributed by atoms with Gasteiger partial charge >= 0.3 is 0 Å². The Morgan fingerprint density at radius 1 is 0.895 bits per heavy atom. The summed E-state index contributed by atoms with van der Waals surface area (Å²) in [7, 11) is -3.79. The van der Waals surface area contributed by atoms with E-state index in [1.807, 2.05) is 60.7 Å². The molecule has 8 nitrogen and oxygen atoms in total. The standard InChI is InChI=1S/C29H35N3O5S/c1-4-30-29(34)23(2)31(20-19-24-11-7-5-8-12-24)28(33)21-32(38(3,35)36)26-15-17-27(18-16-26)37-22-25-13-9-6-10-14-25/h5-18,23H,4,19-22H2,1-3H3,(H,30,34)/t23-/m0/s1. The van der Waals surface area contributed by atoms with Crippen molar-refractivity contribution in [2.45, 2.75) is 32.9 Å². The van der Waals surface area contributed by atoms with Crippen LogP contribution >= 0.6 is 0 Å². The highest BCUT2D eigenvalue weighted by atomic mass is 32.2. The Labute approximate surface area is 225 Å². The first-order chi connectivity index (χ1) is 18.2. The predicted molar refractivity (Wildman–Crippen MR) is 149 cm³/mol. The summed E-state index contributed by atoms with van der Waals surface area (Å²) in [5.74, 6) is -0.180. The molecule has 0 bridgehead atoms. The molecule has 1 N–H and O–H groups in total. The van der Waals surface area contributed by atoms with Crippen molar-refractivity contribution in [1.82, 2.24) is 10.2 Å². The molecule has 0 unspecified atom stereocenters. The number of amides is 2. The fourth-order valence-electron chi connectivity index (χ4n) is 3.96. The van der Waals surface area contributed by atoms with Crippen LogP contribution in [0.4, 0.5) is 5.69 Å². The lowest BCUT2D eigenvalue weighted by Gasteiger charge is -2.31. The van der Waals surface area contributed by atoms with Crippen molar-refractivity contribution in [3.63, 3.8) is 0 Å². The van der Waals surface area contributed by atoms with Gasteiger partial charge in [-0.25, -0.2) is 8.42 Å². The van der Waals surface area contributed by atoms with Crippen LogP contribution in [0, 0.1) is 0 Å². The maximum atomic E-state index is 13.5. The average molecular weight is 538 g/mol. The van der Waals surface area contributed by atoms with Crippen LogP contribution in [0.15, 0.2) is 84.9 Å². The van der Waals surface area contributed by atoms with Gasteiger partial charge < -0.3 is 15.0 Å². The van der Waals surface area contributed by atoms with Crippen LogP contribution in [0.25, 0.3) is 0 Å². The van der Waals surface area contributed by atoms with Crippen LogP contribution in [-0.4, -0.2) is 57.1 Å². The van der Waals surface area contributed by atoms with Crippen molar-refractivity contribution in [1.29, 1.82) is 0 Å². The van der Waals surface area contributed by atoms with Gasteiger partial charge in [0.1, 0.15) is 24.9 Å². The Hall–Kier alpha value is -3.85. The minimum Gasteiger partial charge on any atom is -0.489 e. The number of carbonyl (C=O) groups excluding carboxylic acids is 2. The number of likely N-dealkylation sites (N-methyl/N-ethyl adjacent to an activating group) is 1. The Kier molecular flexibility index (Phi) is 10.3. The van der Waals surface area contributed by atoms with Crippen molar-refractivity contribution < 1.29 is 22.7 Å². The van der Waals surface area contributed by atoms with Crippen LogP contribution in [0.1, 0.15) is 25.0 Å². The molecule has 0 saturated carbocycles. The number of rotatable bonds is 13. The number of hydrogen-bond acceptors (Lipinski definition) is 5. The van der Waals surface area contributed by atoms with Gasteiger partial charge in [0, 0.05) is 13.1 Å². The van der Waals surface area contributed by atoms with E-state index in [1.165, 1.54) is 4.90 Å². The third-order valence-corrected chi connectivity index (χ3v) is 7.20. The molecule has 9 heteroatoms. The van der Waals surface area contributed by atoms with Crippen molar-refractivity contribution in [2.75, 3.05) is 30.2 Å². The molecular weight excluding hydrogens is 502 g/mol. The van der Waals surface area contributed by atoms with Crippen molar-refractivity contribution in [2.24, 2.45) is 0 Å². The lowest BCUT2D eigenvalue weighted by molar-refractivity contribution is -0.138. The second-order valence-corrected chi connectivity index (χ2v) is 10.8. The quantitative estimate of drug-likeness (QED) is 0.359. The predicted octanol–water partition coefficient (Wildman–Crippen LogP) is 3.63. The van der Waals surface area contributed by atoms with E-state index < -0.39 is 28.5 Å². The number of nitrogens with one attached hydrogen (secondary N) is 1. The van der Waals surface area contributed by atoms with Crippen LogP contribution in [0.2, 0.25) is 0 Å². The molecule has 0 saturated heterocycles. The maximum Gasteiger partial charge on any atom is 0.244 e. The molecule has 0 radical (unpaired) electrons. The first kappa shape index (κ1) is 28.7. The summed E-state index contributed by atoms with van der Waals surface area (Å²) in [4.78, 5) is 27.5. The molecule has 202 valence electrons. The molecule has 38 heavy (non-hydrogen) atoms. The van der Waals surface area contributed by atoms with Crippen molar-refractivity contribution in [3.8, 4) is 5.75 Å². The number of nitrogens with zero attached hydrogens (tertiary/aromatic N) is 2. The van der Waals surface area contributed by atoms with Crippen molar-refractivity contribution >= 4 is 27.5 Å². The summed E-state index contributed by atoms with van der Waals surface area (Å²) in [5, 5.41) is 2.75. The molecule has 3 aromatic rings. The summed E-state index contributed by atoms with van der Waals surface area (Å²) in [6.45, 7) is 4.10. The van der Waals surface area contributed by atoms with E-state index in [9.17, 15) is 18.0 Å². The monoisotopic (exact) mass is 537 g/mol. The zero-order chi connectivity index (χ0) is 27.5. The summed E-state index contributed by atoms with van der Waals surface area (Å²) in [6.07, 6.45) is 1.59. The van der Waals surface area contributed by atoms with Gasteiger partial charge in [0.05, 0.1) is 11.9 Å². The highest BCUT2D eigenvalue weighted by Crippen LogP contribution is 2.23. The SMILES string of the molecule is CCNC(=O)[C@H](C)N(CCc1ccccc1)C(=O)CN(c1ccc(OCc2ccccc2)cc1)S(C)(=O)=O. The average Bonchev–Trinajstić information content (AvgIpc) is 2.91. The Morgan fingerprint density at radius 2 is 1.47 bits per heavy atom. The zero-order valence-electron chi connectivity index (χ0n) is 22.0. The number of anilines is 1. The number of hydrogen-bond donors (Lipinski definition) is 1. The summed E-state index contributed by atoms with van der Waals surface area (Å²) in [5.41, 5.74) is 2.36. The number of ether oxygens (including phenoxy) is 1. The maximum absolute atomic E-state index is 13.5. The summed E-state index contributed by atoms with van der Waals surface area (Å²) in [6, 6.07) is 25.1. The molecule has 3 rings (SSSR count). The smallest absolute Gasteiger partial charge is 0.244 e. The van der Waals surface area contributed by atoms with Gasteiger partial charge in [-0.05, 0) is 55.7 Å². The largest absolute Gasteiger partial charge is 0.489 e. The van der Waals surface area contributed by atoms with Crippen LogP contribution < -0.4 is 14.4 Å². The summed E-state index contributed by atoms with van der Waals surface area (Å²) < 4.78 is 32.3. The second-order valence-electron chi connectivity index (χ2n) is 8.93. The molecule has 0 aliphatic rings. The first-order valence-corrected chi connectivity index (χ1v) is 14.4. The van der Waals surface area contributed by atoms with Gasteiger partial charge in [0.25, 0.3) is 0 Å². The fourth-order valence-corrected chi connectivity index (χ4v) is 4.80. The molecule has 0 aliphatic carbocycles. The molecule has 0 fully saturated rings. The minimum absolute atomic E-state index is 0.269. The molecule has 1 atom stereocenters. The van der Waals surface area contributed by atoms with E-state index in [0.717, 1.165) is 21.7 Å². The highest BCUT2D eigenvalue weighted by Gasteiger charge is 2.29. The first-order valence-electron chi connectivity index (χ1n) is 12.5. The molecule has 0 aliphatic heterocycles. The molecule has 0 heterocycles. The van der Waals surface area contributed by atoms with Gasteiger partial charge in [-0.15, -0.1) is 0 Å². The zero-order valence-corrected chi connectivity index (χ0v) is 22.9. The van der Waals surface area contributed by atoms with E-state index >= 15 is 0 Å². The molecule has 0 aromatic heterocycles. The van der Waals surface area contributed by atoms with Gasteiger partial charge in [0.2, 0.25) is 21.8 Å². The molecule has 0 spiro atoms. The van der Waals surface area contributed by atoms with E-state index in [2.05, 4.69) is 5.32 Å². The fraction of sp³-hybridized carbons (Fsp3) is 0.310. The van der Waals surface area contributed by atoms with E-state index in [0.29, 0.717) is 31.0 Å². The van der Waals surface area contributed by atoms with Crippen molar-refractivity contribution in [3.05, 3.63) is 96.1 Å². The van der Waals surface area contributed by atoms with Crippen LogP contribution in [-0.2, 0) is 32.6 Å². The van der Waals surface area contributed by atoms with Crippen LogP contribution in [0.3, 0.4) is 0 Å². The third kappa shape index (κ3) is 8.34. The molecule has 3 aromatic carbocycles. The lowest BCUT2D eigenvalue weighted by Crippen LogP contribution is -2.52. The topological polar surface area (TPSA) is 96.0 Å². The Morgan fingerprint density at radius 3 is 2.03 bits per heavy atom. The second kappa shape index (κ2) is 13.6. The number of carbonyl (C=O) groups is 2. The van der Waals surface area contributed by atoms with Gasteiger partial charge in [-0.1, -0.05) is 60.7 Å². The summed E-state index contributed by atoms with van der Waals surface area (Å²) >= 11 is 0. The Balaban J connectivity index is 1.76. The molecule has 2 amide bonds.